The van der Waals surface area contributed by atoms with Gasteiger partial charge in [0.25, 0.3) is 0 Å². The molecule has 1 aromatic rings. The SMILES string of the molecule is Cc1ccc(Br)c(C(N)C2=CCCCCC2)c1. The molecule has 1 aliphatic carbocycles. The molecule has 0 heterocycles. The van der Waals surface area contributed by atoms with E-state index in [1.807, 2.05) is 0 Å². The highest BCUT2D eigenvalue weighted by Gasteiger charge is 2.15. The number of halogens is 1. The van der Waals surface area contributed by atoms with Gasteiger partial charge in [0.05, 0.1) is 6.04 Å². The first-order valence-corrected chi connectivity index (χ1v) is 7.18. The van der Waals surface area contributed by atoms with E-state index in [4.69, 9.17) is 5.73 Å². The average Bonchev–Trinajstić information content (AvgIpc) is 2.60. The third kappa shape index (κ3) is 3.20. The first-order valence-electron chi connectivity index (χ1n) is 6.39. The number of rotatable bonds is 2. The molecule has 0 spiro atoms. The first kappa shape index (κ1) is 12.8. The maximum absolute atomic E-state index is 6.41. The molecule has 0 aliphatic heterocycles. The van der Waals surface area contributed by atoms with E-state index < -0.39 is 0 Å². The summed E-state index contributed by atoms with van der Waals surface area (Å²) < 4.78 is 1.13. The van der Waals surface area contributed by atoms with Crippen LogP contribution in [0.25, 0.3) is 0 Å². The molecule has 2 N–H and O–H groups in total. The van der Waals surface area contributed by atoms with Gasteiger partial charge in [-0.25, -0.2) is 0 Å². The molecule has 2 heteroatoms. The second-order valence-corrected chi connectivity index (χ2v) is 5.74. The fourth-order valence-corrected chi connectivity index (χ4v) is 2.92. The average molecular weight is 294 g/mol. The summed E-state index contributed by atoms with van der Waals surface area (Å²) in [6.45, 7) is 2.12. The maximum atomic E-state index is 6.41. The molecule has 1 unspecified atom stereocenters. The second kappa shape index (κ2) is 5.83. The van der Waals surface area contributed by atoms with Crippen LogP contribution in [0, 0.1) is 6.92 Å². The van der Waals surface area contributed by atoms with Crippen LogP contribution in [0.5, 0.6) is 0 Å². The largest absolute Gasteiger partial charge is 0.321 e. The highest BCUT2D eigenvalue weighted by atomic mass is 79.9. The first-order chi connectivity index (χ1) is 8.18. The summed E-state index contributed by atoms with van der Waals surface area (Å²) in [4.78, 5) is 0. The number of allylic oxidation sites excluding steroid dienone is 1. The lowest BCUT2D eigenvalue weighted by molar-refractivity contribution is 0.687. The molecule has 0 radical (unpaired) electrons. The molecule has 0 saturated carbocycles. The van der Waals surface area contributed by atoms with Crippen molar-refractivity contribution in [2.75, 3.05) is 0 Å². The Kier molecular flexibility index (Phi) is 4.41. The minimum atomic E-state index is 0.0578. The Hall–Kier alpha value is -0.600. The molecule has 2 rings (SSSR count). The summed E-state index contributed by atoms with van der Waals surface area (Å²) in [6, 6.07) is 6.46. The topological polar surface area (TPSA) is 26.0 Å². The molecular formula is C15H20BrN. The van der Waals surface area contributed by atoms with Gasteiger partial charge in [0.1, 0.15) is 0 Å². The Balaban J connectivity index is 2.26. The van der Waals surface area contributed by atoms with Gasteiger partial charge in [0, 0.05) is 4.47 Å². The summed E-state index contributed by atoms with van der Waals surface area (Å²) >= 11 is 3.61. The van der Waals surface area contributed by atoms with Crippen LogP contribution in [0.3, 0.4) is 0 Å². The zero-order chi connectivity index (χ0) is 12.3. The van der Waals surface area contributed by atoms with Crippen molar-refractivity contribution in [1.29, 1.82) is 0 Å². The Morgan fingerprint density at radius 1 is 1.24 bits per heavy atom. The maximum Gasteiger partial charge on any atom is 0.0522 e. The second-order valence-electron chi connectivity index (χ2n) is 4.88. The smallest absolute Gasteiger partial charge is 0.0522 e. The molecule has 1 atom stereocenters. The van der Waals surface area contributed by atoms with Gasteiger partial charge in [0.2, 0.25) is 0 Å². The number of nitrogens with two attached hydrogens (primary N) is 1. The molecule has 1 aliphatic rings. The molecule has 0 bridgehead atoms. The van der Waals surface area contributed by atoms with Crippen LogP contribution < -0.4 is 5.73 Å². The fourth-order valence-electron chi connectivity index (χ4n) is 2.42. The van der Waals surface area contributed by atoms with Crippen molar-refractivity contribution in [1.82, 2.24) is 0 Å². The number of benzene rings is 1. The van der Waals surface area contributed by atoms with Crippen molar-refractivity contribution in [3.05, 3.63) is 45.4 Å². The quantitative estimate of drug-likeness (QED) is 0.790. The predicted molar refractivity (Wildman–Crippen MR) is 77.0 cm³/mol. The lowest BCUT2D eigenvalue weighted by Gasteiger charge is -2.18. The standard InChI is InChI=1S/C15H20BrN/c1-11-8-9-14(16)13(10-11)15(17)12-6-4-2-3-5-7-12/h6,8-10,15H,2-5,7,17H2,1H3. The molecule has 17 heavy (non-hydrogen) atoms. The van der Waals surface area contributed by atoms with Gasteiger partial charge in [-0.15, -0.1) is 0 Å². The van der Waals surface area contributed by atoms with Crippen molar-refractivity contribution in [3.8, 4) is 0 Å². The van der Waals surface area contributed by atoms with Crippen LogP contribution in [0.15, 0.2) is 34.3 Å². The normalized spacial score (nSPS) is 18.4. The predicted octanol–water partition coefficient (Wildman–Crippen LogP) is 4.65. The molecule has 1 nitrogen and oxygen atoms in total. The third-order valence-corrected chi connectivity index (χ3v) is 4.18. The molecule has 0 saturated heterocycles. The minimum Gasteiger partial charge on any atom is -0.321 e. The van der Waals surface area contributed by atoms with Gasteiger partial charge >= 0.3 is 0 Å². The summed E-state index contributed by atoms with van der Waals surface area (Å²) in [5.74, 6) is 0. The van der Waals surface area contributed by atoms with Crippen LogP contribution in [-0.2, 0) is 0 Å². The van der Waals surface area contributed by atoms with Gasteiger partial charge in [-0.3, -0.25) is 0 Å². The van der Waals surface area contributed by atoms with Crippen molar-refractivity contribution in [3.63, 3.8) is 0 Å². The summed E-state index contributed by atoms with van der Waals surface area (Å²) in [5.41, 5.74) is 10.3. The highest BCUT2D eigenvalue weighted by Crippen LogP contribution is 2.31. The Morgan fingerprint density at radius 3 is 2.88 bits per heavy atom. The fraction of sp³-hybridized carbons (Fsp3) is 0.467. The van der Waals surface area contributed by atoms with E-state index in [1.165, 1.54) is 42.4 Å². The van der Waals surface area contributed by atoms with Crippen molar-refractivity contribution < 1.29 is 0 Å². The molecule has 0 amide bonds. The van der Waals surface area contributed by atoms with Crippen LogP contribution in [0.1, 0.15) is 49.3 Å². The van der Waals surface area contributed by atoms with E-state index in [2.05, 4.69) is 47.1 Å². The van der Waals surface area contributed by atoms with E-state index in [-0.39, 0.29) is 6.04 Å². The van der Waals surface area contributed by atoms with Gasteiger partial charge in [0.15, 0.2) is 0 Å². The lowest BCUT2D eigenvalue weighted by Crippen LogP contribution is -2.14. The molecule has 1 aromatic carbocycles. The van der Waals surface area contributed by atoms with Gasteiger partial charge < -0.3 is 5.73 Å². The summed E-state index contributed by atoms with van der Waals surface area (Å²) in [7, 11) is 0. The minimum absolute atomic E-state index is 0.0578. The van der Waals surface area contributed by atoms with Crippen molar-refractivity contribution >= 4 is 15.9 Å². The number of hydrogen-bond acceptors (Lipinski definition) is 1. The van der Waals surface area contributed by atoms with E-state index in [0.717, 1.165) is 10.9 Å². The molecule has 0 fully saturated rings. The lowest BCUT2D eigenvalue weighted by atomic mass is 9.95. The molecule has 0 aromatic heterocycles. The van der Waals surface area contributed by atoms with Crippen LogP contribution in [0.4, 0.5) is 0 Å². The Labute approximate surface area is 112 Å². The zero-order valence-electron chi connectivity index (χ0n) is 10.4. The van der Waals surface area contributed by atoms with E-state index in [1.54, 1.807) is 0 Å². The van der Waals surface area contributed by atoms with Crippen LogP contribution in [0.2, 0.25) is 0 Å². The summed E-state index contributed by atoms with van der Waals surface area (Å²) in [5, 5.41) is 0. The van der Waals surface area contributed by atoms with Crippen molar-refractivity contribution in [2.24, 2.45) is 5.73 Å². The van der Waals surface area contributed by atoms with E-state index in [0.29, 0.717) is 0 Å². The zero-order valence-corrected chi connectivity index (χ0v) is 12.0. The molecular weight excluding hydrogens is 274 g/mol. The van der Waals surface area contributed by atoms with Crippen molar-refractivity contribution in [2.45, 2.75) is 45.1 Å². The van der Waals surface area contributed by atoms with Gasteiger partial charge in [-0.05, 0) is 44.2 Å². The highest BCUT2D eigenvalue weighted by molar-refractivity contribution is 9.10. The third-order valence-electron chi connectivity index (χ3n) is 3.46. The Morgan fingerprint density at radius 2 is 2.06 bits per heavy atom. The van der Waals surface area contributed by atoms with E-state index >= 15 is 0 Å². The number of hydrogen-bond donors (Lipinski definition) is 1. The number of aryl methyl sites for hydroxylation is 1. The van der Waals surface area contributed by atoms with E-state index in [9.17, 15) is 0 Å². The van der Waals surface area contributed by atoms with Crippen LogP contribution >= 0.6 is 15.9 Å². The van der Waals surface area contributed by atoms with Crippen LogP contribution in [-0.4, -0.2) is 0 Å². The van der Waals surface area contributed by atoms with Gasteiger partial charge in [-0.1, -0.05) is 51.7 Å². The Bertz CT molecular complexity index is 423. The van der Waals surface area contributed by atoms with Gasteiger partial charge in [-0.2, -0.15) is 0 Å². The molecule has 92 valence electrons. The monoisotopic (exact) mass is 293 g/mol. The summed E-state index contributed by atoms with van der Waals surface area (Å²) in [6.07, 6.45) is 8.62.